The molecule has 2 saturated carbocycles. The molecule has 3 unspecified atom stereocenters. The molecule has 20 heavy (non-hydrogen) atoms. The Balaban J connectivity index is 1.46. The van der Waals surface area contributed by atoms with Gasteiger partial charge in [-0.25, -0.2) is 0 Å². The first-order chi connectivity index (χ1) is 9.83. The second kappa shape index (κ2) is 4.74. The van der Waals surface area contributed by atoms with Crippen LogP contribution in [0.25, 0.3) is 0 Å². The lowest BCUT2D eigenvalue weighted by Crippen LogP contribution is -2.67. The summed E-state index contributed by atoms with van der Waals surface area (Å²) < 4.78 is 11.7. The van der Waals surface area contributed by atoms with E-state index in [-0.39, 0.29) is 0 Å². The molecule has 0 aromatic heterocycles. The molecule has 3 atom stereocenters. The Kier molecular flexibility index (Phi) is 3.00. The van der Waals surface area contributed by atoms with E-state index in [0.29, 0.717) is 23.6 Å². The summed E-state index contributed by atoms with van der Waals surface area (Å²) >= 11 is 0. The van der Waals surface area contributed by atoms with Crippen LogP contribution in [0.1, 0.15) is 44.2 Å². The van der Waals surface area contributed by atoms with Crippen LogP contribution >= 0.6 is 0 Å². The van der Waals surface area contributed by atoms with E-state index >= 15 is 0 Å². The Hall–Kier alpha value is -1.06. The first kappa shape index (κ1) is 12.7. The Labute approximate surface area is 120 Å². The van der Waals surface area contributed by atoms with Crippen molar-refractivity contribution < 1.29 is 9.47 Å². The van der Waals surface area contributed by atoms with Gasteiger partial charge in [-0.2, -0.15) is 0 Å². The number of nitrogens with one attached hydrogen (secondary N) is 1. The zero-order chi connectivity index (χ0) is 13.6. The van der Waals surface area contributed by atoms with Crippen LogP contribution in [-0.2, 0) is 4.74 Å². The number of fused-ring (bicyclic) bond motifs is 1. The molecule has 0 radical (unpaired) electrons. The molecule has 0 amide bonds. The summed E-state index contributed by atoms with van der Waals surface area (Å²) in [5, 5.41) is 3.85. The van der Waals surface area contributed by atoms with Crippen LogP contribution in [0, 0.1) is 5.41 Å². The van der Waals surface area contributed by atoms with Gasteiger partial charge in [-0.3, -0.25) is 0 Å². The van der Waals surface area contributed by atoms with E-state index in [0.717, 1.165) is 25.4 Å². The average molecular weight is 273 g/mol. The summed E-state index contributed by atoms with van der Waals surface area (Å²) in [6, 6.07) is 9.36. The molecule has 3 nitrogen and oxygen atoms in total. The van der Waals surface area contributed by atoms with Crippen LogP contribution in [0.5, 0.6) is 5.75 Å². The molecule has 2 fully saturated rings. The SMILES string of the molecule is CCOC1CC(NC2COc3ccccc32)C12CCC2. The topological polar surface area (TPSA) is 30.5 Å². The summed E-state index contributed by atoms with van der Waals surface area (Å²) in [6.45, 7) is 3.72. The number of hydrogen-bond donors (Lipinski definition) is 1. The zero-order valence-corrected chi connectivity index (χ0v) is 12.1. The van der Waals surface area contributed by atoms with E-state index in [1.165, 1.54) is 24.8 Å². The summed E-state index contributed by atoms with van der Waals surface area (Å²) in [6.07, 6.45) is 5.65. The summed E-state index contributed by atoms with van der Waals surface area (Å²) in [4.78, 5) is 0. The van der Waals surface area contributed by atoms with Gasteiger partial charge in [0.05, 0.1) is 12.1 Å². The number of hydrogen-bond acceptors (Lipinski definition) is 3. The highest BCUT2D eigenvalue weighted by Gasteiger charge is 2.59. The van der Waals surface area contributed by atoms with Crippen LogP contribution in [0.2, 0.25) is 0 Å². The summed E-state index contributed by atoms with van der Waals surface area (Å²) in [5.41, 5.74) is 1.75. The zero-order valence-electron chi connectivity index (χ0n) is 12.1. The van der Waals surface area contributed by atoms with Crippen molar-refractivity contribution in [3.8, 4) is 5.75 Å². The lowest BCUT2D eigenvalue weighted by atomic mass is 9.51. The Morgan fingerprint density at radius 2 is 2.20 bits per heavy atom. The Morgan fingerprint density at radius 3 is 2.95 bits per heavy atom. The van der Waals surface area contributed by atoms with Crippen LogP contribution in [0.4, 0.5) is 0 Å². The van der Waals surface area contributed by atoms with Gasteiger partial charge in [0.2, 0.25) is 0 Å². The minimum absolute atomic E-state index is 0.358. The highest BCUT2D eigenvalue weighted by Crippen LogP contribution is 2.57. The predicted octanol–water partition coefficient (Wildman–Crippen LogP) is 3.06. The normalized spacial score (nSPS) is 33.1. The summed E-state index contributed by atoms with van der Waals surface area (Å²) in [7, 11) is 0. The molecule has 0 saturated heterocycles. The Bertz CT molecular complexity index is 498. The molecular formula is C17H23NO2. The van der Waals surface area contributed by atoms with E-state index in [4.69, 9.17) is 9.47 Å². The van der Waals surface area contributed by atoms with Crippen molar-refractivity contribution in [2.75, 3.05) is 13.2 Å². The smallest absolute Gasteiger partial charge is 0.124 e. The van der Waals surface area contributed by atoms with Crippen molar-refractivity contribution >= 4 is 0 Å². The maximum absolute atomic E-state index is 5.93. The van der Waals surface area contributed by atoms with Crippen LogP contribution < -0.4 is 10.1 Å². The van der Waals surface area contributed by atoms with Crippen LogP contribution in [-0.4, -0.2) is 25.4 Å². The van der Waals surface area contributed by atoms with Crippen molar-refractivity contribution in [1.82, 2.24) is 5.32 Å². The number of para-hydroxylation sites is 1. The summed E-state index contributed by atoms with van der Waals surface area (Å²) in [5.74, 6) is 1.05. The molecule has 1 heterocycles. The molecule has 2 aliphatic carbocycles. The third-order valence-electron chi connectivity index (χ3n) is 5.54. The van der Waals surface area contributed by atoms with Crippen molar-refractivity contribution in [2.24, 2.45) is 5.41 Å². The van der Waals surface area contributed by atoms with E-state index < -0.39 is 0 Å². The van der Waals surface area contributed by atoms with Crippen molar-refractivity contribution in [3.63, 3.8) is 0 Å². The molecule has 4 rings (SSSR count). The van der Waals surface area contributed by atoms with Gasteiger partial charge < -0.3 is 14.8 Å². The fraction of sp³-hybridized carbons (Fsp3) is 0.647. The van der Waals surface area contributed by atoms with Gasteiger partial charge in [-0.05, 0) is 32.3 Å². The number of benzene rings is 1. The maximum atomic E-state index is 5.93. The average Bonchev–Trinajstić information content (AvgIpc) is 2.79. The first-order valence-electron chi connectivity index (χ1n) is 7.93. The second-order valence-electron chi connectivity index (χ2n) is 6.39. The molecule has 3 heteroatoms. The molecule has 1 aliphatic heterocycles. The minimum Gasteiger partial charge on any atom is -0.491 e. The van der Waals surface area contributed by atoms with Gasteiger partial charge in [0.1, 0.15) is 12.4 Å². The van der Waals surface area contributed by atoms with E-state index in [9.17, 15) is 0 Å². The standard InChI is InChI=1S/C17H23NO2/c1-2-19-16-10-15(17(16)8-5-9-17)18-13-11-20-14-7-4-3-6-12(13)14/h3-4,6-7,13,15-16,18H,2,5,8-11H2,1H3. The lowest BCUT2D eigenvalue weighted by Gasteiger charge is -2.61. The van der Waals surface area contributed by atoms with Crippen molar-refractivity contribution in [2.45, 2.75) is 50.8 Å². The molecule has 1 aromatic rings. The van der Waals surface area contributed by atoms with Gasteiger partial charge in [-0.1, -0.05) is 24.6 Å². The lowest BCUT2D eigenvalue weighted by molar-refractivity contribution is -0.175. The van der Waals surface area contributed by atoms with E-state index in [2.05, 4.69) is 30.4 Å². The van der Waals surface area contributed by atoms with Gasteiger partial charge in [0.25, 0.3) is 0 Å². The third-order valence-corrected chi connectivity index (χ3v) is 5.54. The van der Waals surface area contributed by atoms with Crippen molar-refractivity contribution in [1.29, 1.82) is 0 Å². The minimum atomic E-state index is 0.358. The van der Waals surface area contributed by atoms with E-state index in [1.54, 1.807) is 0 Å². The molecule has 0 bridgehead atoms. The molecule has 1 aromatic carbocycles. The Morgan fingerprint density at radius 1 is 1.35 bits per heavy atom. The van der Waals surface area contributed by atoms with Crippen LogP contribution in [0.15, 0.2) is 24.3 Å². The molecular weight excluding hydrogens is 250 g/mol. The highest BCUT2D eigenvalue weighted by molar-refractivity contribution is 5.39. The van der Waals surface area contributed by atoms with Gasteiger partial charge >= 0.3 is 0 Å². The number of rotatable bonds is 4. The van der Waals surface area contributed by atoms with Gasteiger partial charge in [-0.15, -0.1) is 0 Å². The number of ether oxygens (including phenoxy) is 2. The fourth-order valence-electron chi connectivity index (χ4n) is 4.22. The van der Waals surface area contributed by atoms with E-state index in [1.807, 2.05) is 6.07 Å². The molecule has 108 valence electrons. The molecule has 3 aliphatic rings. The fourth-order valence-corrected chi connectivity index (χ4v) is 4.22. The second-order valence-corrected chi connectivity index (χ2v) is 6.39. The molecule has 1 spiro atoms. The predicted molar refractivity (Wildman–Crippen MR) is 77.9 cm³/mol. The quantitative estimate of drug-likeness (QED) is 0.914. The van der Waals surface area contributed by atoms with Gasteiger partial charge in [0.15, 0.2) is 0 Å². The monoisotopic (exact) mass is 273 g/mol. The van der Waals surface area contributed by atoms with Crippen molar-refractivity contribution in [3.05, 3.63) is 29.8 Å². The largest absolute Gasteiger partial charge is 0.491 e. The van der Waals surface area contributed by atoms with Crippen LogP contribution in [0.3, 0.4) is 0 Å². The third kappa shape index (κ3) is 1.73. The van der Waals surface area contributed by atoms with Gasteiger partial charge in [0, 0.05) is 23.6 Å². The first-order valence-corrected chi connectivity index (χ1v) is 7.93. The maximum Gasteiger partial charge on any atom is 0.124 e. The molecule has 1 N–H and O–H groups in total. The highest BCUT2D eigenvalue weighted by atomic mass is 16.5.